The number of carbonyl (C=O) groups is 2. The first-order chi connectivity index (χ1) is 9.11. The molecule has 2 atom stereocenters. The Balaban J connectivity index is 2.96. The molecule has 0 saturated heterocycles. The number of benzene rings is 1. The maximum atomic E-state index is 11.9. The molecular weight excluding hydrogens is 262 g/mol. The Labute approximate surface area is 117 Å². The molecule has 110 valence electrons. The zero-order valence-corrected chi connectivity index (χ0v) is 11.7. The highest BCUT2D eigenvalue weighted by Crippen LogP contribution is 2.20. The number of aliphatic hydroxyl groups is 2. The molecule has 6 heteroatoms. The quantitative estimate of drug-likeness (QED) is 0.697. The van der Waals surface area contributed by atoms with E-state index in [9.17, 15) is 19.8 Å². The Bertz CT molecular complexity index is 507. The van der Waals surface area contributed by atoms with Crippen LogP contribution in [0.25, 0.3) is 0 Å². The van der Waals surface area contributed by atoms with E-state index in [4.69, 9.17) is 10.5 Å². The van der Waals surface area contributed by atoms with E-state index in [1.54, 1.807) is 20.8 Å². The molecule has 1 rings (SSSR count). The summed E-state index contributed by atoms with van der Waals surface area (Å²) in [4.78, 5) is 22.7. The SMILES string of the molecule is CC(C)(C)OC(=O)c1cccc(C(O)C(O)C(N)=O)c1. The van der Waals surface area contributed by atoms with Crippen LogP contribution in [0.5, 0.6) is 0 Å². The van der Waals surface area contributed by atoms with Gasteiger partial charge in [0, 0.05) is 0 Å². The summed E-state index contributed by atoms with van der Waals surface area (Å²) in [5.41, 5.74) is 4.70. The van der Waals surface area contributed by atoms with Crippen molar-refractivity contribution in [2.24, 2.45) is 5.73 Å². The monoisotopic (exact) mass is 281 g/mol. The highest BCUT2D eigenvalue weighted by Gasteiger charge is 2.25. The topological polar surface area (TPSA) is 110 Å². The third-order valence-electron chi connectivity index (χ3n) is 2.45. The van der Waals surface area contributed by atoms with Crippen LogP contribution in [-0.2, 0) is 9.53 Å². The predicted octanol–water partition coefficient (Wildman–Crippen LogP) is 0.521. The summed E-state index contributed by atoms with van der Waals surface area (Å²) >= 11 is 0. The minimum atomic E-state index is -1.73. The molecule has 2 unspecified atom stereocenters. The number of primary amides is 1. The molecule has 0 bridgehead atoms. The standard InChI is InChI=1S/C14H19NO5/c1-14(2,3)20-13(19)9-6-4-5-8(7-9)10(16)11(17)12(15)18/h4-7,10-11,16-17H,1-3H3,(H2,15,18). The molecule has 0 radical (unpaired) electrons. The van der Waals surface area contributed by atoms with Gasteiger partial charge in [0.2, 0.25) is 5.91 Å². The number of hydrogen-bond acceptors (Lipinski definition) is 5. The summed E-state index contributed by atoms with van der Waals surface area (Å²) in [5.74, 6) is -1.60. The molecular formula is C14H19NO5. The number of carbonyl (C=O) groups excluding carboxylic acids is 2. The van der Waals surface area contributed by atoms with Gasteiger partial charge >= 0.3 is 5.97 Å². The van der Waals surface area contributed by atoms with E-state index in [0.717, 1.165) is 0 Å². The number of esters is 1. The Kier molecular flexibility index (Phi) is 4.86. The van der Waals surface area contributed by atoms with Gasteiger partial charge in [-0.2, -0.15) is 0 Å². The smallest absolute Gasteiger partial charge is 0.338 e. The molecule has 0 fully saturated rings. The molecule has 0 aliphatic heterocycles. The largest absolute Gasteiger partial charge is 0.456 e. The van der Waals surface area contributed by atoms with E-state index in [1.165, 1.54) is 24.3 Å². The number of ether oxygens (including phenoxy) is 1. The van der Waals surface area contributed by atoms with Crippen molar-refractivity contribution in [1.82, 2.24) is 0 Å². The fourth-order valence-corrected chi connectivity index (χ4v) is 1.52. The van der Waals surface area contributed by atoms with Gasteiger partial charge in [0.05, 0.1) is 5.56 Å². The van der Waals surface area contributed by atoms with Gasteiger partial charge in [-0.3, -0.25) is 4.79 Å². The maximum Gasteiger partial charge on any atom is 0.338 e. The molecule has 0 aliphatic rings. The molecule has 1 aromatic carbocycles. The molecule has 0 aromatic heterocycles. The van der Waals surface area contributed by atoms with Crippen molar-refractivity contribution in [3.8, 4) is 0 Å². The molecule has 4 N–H and O–H groups in total. The summed E-state index contributed by atoms with van der Waals surface area (Å²) in [6.45, 7) is 5.21. The lowest BCUT2D eigenvalue weighted by atomic mass is 10.0. The van der Waals surface area contributed by atoms with Gasteiger partial charge in [-0.15, -0.1) is 0 Å². The van der Waals surface area contributed by atoms with E-state index >= 15 is 0 Å². The maximum absolute atomic E-state index is 11.9. The van der Waals surface area contributed by atoms with Gasteiger partial charge in [-0.25, -0.2) is 4.79 Å². The van der Waals surface area contributed by atoms with Crippen LogP contribution < -0.4 is 5.73 Å². The molecule has 1 amide bonds. The van der Waals surface area contributed by atoms with Gasteiger partial charge in [0.15, 0.2) is 6.10 Å². The second-order valence-corrected chi connectivity index (χ2v) is 5.42. The number of aliphatic hydroxyl groups excluding tert-OH is 2. The van der Waals surface area contributed by atoms with E-state index in [1.807, 2.05) is 0 Å². The van der Waals surface area contributed by atoms with Gasteiger partial charge in [-0.05, 0) is 38.5 Å². The van der Waals surface area contributed by atoms with Crippen molar-refractivity contribution >= 4 is 11.9 Å². The first-order valence-electron chi connectivity index (χ1n) is 6.10. The zero-order chi connectivity index (χ0) is 15.5. The Morgan fingerprint density at radius 1 is 1.25 bits per heavy atom. The minimum Gasteiger partial charge on any atom is -0.456 e. The molecule has 0 spiro atoms. The third-order valence-corrected chi connectivity index (χ3v) is 2.45. The number of nitrogens with two attached hydrogens (primary N) is 1. The molecule has 20 heavy (non-hydrogen) atoms. The van der Waals surface area contributed by atoms with E-state index in [-0.39, 0.29) is 11.1 Å². The first-order valence-corrected chi connectivity index (χ1v) is 6.10. The first kappa shape index (κ1) is 16.1. The molecule has 0 aliphatic carbocycles. The van der Waals surface area contributed by atoms with Crippen LogP contribution >= 0.6 is 0 Å². The van der Waals surface area contributed by atoms with E-state index in [0.29, 0.717) is 0 Å². The summed E-state index contributed by atoms with van der Waals surface area (Å²) in [6.07, 6.45) is -3.22. The summed E-state index contributed by atoms with van der Waals surface area (Å²) in [6, 6.07) is 5.86. The molecule has 1 aromatic rings. The van der Waals surface area contributed by atoms with Crippen molar-refractivity contribution in [2.45, 2.75) is 38.6 Å². The van der Waals surface area contributed by atoms with E-state index < -0.39 is 29.7 Å². The Morgan fingerprint density at radius 2 is 1.85 bits per heavy atom. The number of amides is 1. The van der Waals surface area contributed by atoms with Crippen LogP contribution in [0.15, 0.2) is 24.3 Å². The lowest BCUT2D eigenvalue weighted by molar-refractivity contribution is -0.131. The van der Waals surface area contributed by atoms with Crippen molar-refractivity contribution in [1.29, 1.82) is 0 Å². The normalized spacial score (nSPS) is 14.4. The Hall–Kier alpha value is -1.92. The van der Waals surface area contributed by atoms with Gasteiger partial charge < -0.3 is 20.7 Å². The third kappa shape index (κ3) is 4.32. The minimum absolute atomic E-state index is 0.208. The lowest BCUT2D eigenvalue weighted by Gasteiger charge is -2.20. The second-order valence-electron chi connectivity index (χ2n) is 5.42. The van der Waals surface area contributed by atoms with Crippen LogP contribution in [-0.4, -0.2) is 33.8 Å². The summed E-state index contributed by atoms with van der Waals surface area (Å²) in [5, 5.41) is 19.2. The van der Waals surface area contributed by atoms with E-state index in [2.05, 4.69) is 0 Å². The van der Waals surface area contributed by atoms with Crippen molar-refractivity contribution < 1.29 is 24.5 Å². The average Bonchev–Trinajstić information content (AvgIpc) is 2.35. The molecule has 0 heterocycles. The summed E-state index contributed by atoms with van der Waals surface area (Å²) < 4.78 is 5.19. The second kappa shape index (κ2) is 6.02. The van der Waals surface area contributed by atoms with Crippen LogP contribution in [0.2, 0.25) is 0 Å². The predicted molar refractivity (Wildman–Crippen MR) is 71.8 cm³/mol. The van der Waals surface area contributed by atoms with Crippen molar-refractivity contribution in [3.05, 3.63) is 35.4 Å². The van der Waals surface area contributed by atoms with Gasteiger partial charge in [0.1, 0.15) is 11.7 Å². The average molecular weight is 281 g/mol. The summed E-state index contributed by atoms with van der Waals surface area (Å²) in [7, 11) is 0. The highest BCUT2D eigenvalue weighted by atomic mass is 16.6. The highest BCUT2D eigenvalue weighted by molar-refractivity contribution is 5.90. The Morgan fingerprint density at radius 3 is 2.35 bits per heavy atom. The number of rotatable bonds is 4. The van der Waals surface area contributed by atoms with Gasteiger partial charge in [0.25, 0.3) is 0 Å². The van der Waals surface area contributed by atoms with Gasteiger partial charge in [-0.1, -0.05) is 12.1 Å². The lowest BCUT2D eigenvalue weighted by Crippen LogP contribution is -2.34. The van der Waals surface area contributed by atoms with Crippen LogP contribution in [0.4, 0.5) is 0 Å². The zero-order valence-electron chi connectivity index (χ0n) is 11.7. The van der Waals surface area contributed by atoms with Crippen molar-refractivity contribution in [3.63, 3.8) is 0 Å². The van der Waals surface area contributed by atoms with Crippen LogP contribution in [0.3, 0.4) is 0 Å². The number of hydrogen-bond donors (Lipinski definition) is 3. The van der Waals surface area contributed by atoms with Crippen LogP contribution in [0, 0.1) is 0 Å². The van der Waals surface area contributed by atoms with Crippen LogP contribution in [0.1, 0.15) is 42.8 Å². The fraction of sp³-hybridized carbons (Fsp3) is 0.429. The fourth-order valence-electron chi connectivity index (χ4n) is 1.52. The molecule has 6 nitrogen and oxygen atoms in total. The molecule has 0 saturated carbocycles. The van der Waals surface area contributed by atoms with Crippen molar-refractivity contribution in [2.75, 3.05) is 0 Å².